The fourth-order valence-corrected chi connectivity index (χ4v) is 5.64. The molecule has 0 radical (unpaired) electrons. The molecule has 4 rings (SSSR count). The molecule has 28 heavy (non-hydrogen) atoms. The lowest BCUT2D eigenvalue weighted by molar-refractivity contribution is -0.126. The summed E-state index contributed by atoms with van der Waals surface area (Å²) in [7, 11) is 0. The highest BCUT2D eigenvalue weighted by atomic mass is 35.5. The number of rotatable bonds is 6. The molecule has 3 nitrogen and oxygen atoms in total. The van der Waals surface area contributed by atoms with Gasteiger partial charge >= 0.3 is 0 Å². The van der Waals surface area contributed by atoms with Gasteiger partial charge in [-0.05, 0) is 73.8 Å². The van der Waals surface area contributed by atoms with E-state index >= 15 is 0 Å². The highest BCUT2D eigenvalue weighted by molar-refractivity contribution is 7.09. The van der Waals surface area contributed by atoms with Gasteiger partial charge in [-0.3, -0.25) is 9.69 Å². The van der Waals surface area contributed by atoms with E-state index in [9.17, 15) is 4.79 Å². The number of thiophene rings is 1. The summed E-state index contributed by atoms with van der Waals surface area (Å²) >= 11 is 7.90. The van der Waals surface area contributed by atoms with E-state index in [2.05, 4.69) is 27.7 Å². The summed E-state index contributed by atoms with van der Waals surface area (Å²) < 4.78 is 0. The molecule has 1 amide bonds. The Balaban J connectivity index is 1.30. The van der Waals surface area contributed by atoms with Crippen LogP contribution in [-0.4, -0.2) is 30.4 Å². The second kappa shape index (κ2) is 8.98. The Bertz CT molecular complexity index is 760. The number of likely N-dealkylation sites (tertiary alicyclic amines) is 1. The van der Waals surface area contributed by atoms with Crippen molar-refractivity contribution in [2.45, 2.75) is 50.5 Å². The molecule has 1 saturated carbocycles. The second-order valence-corrected chi connectivity index (χ2v) is 9.77. The second-order valence-electron chi connectivity index (χ2n) is 8.31. The van der Waals surface area contributed by atoms with Crippen molar-refractivity contribution in [3.8, 4) is 0 Å². The molecule has 2 aliphatic rings. The van der Waals surface area contributed by atoms with Gasteiger partial charge in [-0.25, -0.2) is 0 Å². The molecule has 1 aromatic carbocycles. The zero-order valence-corrected chi connectivity index (χ0v) is 17.9. The molecule has 2 fully saturated rings. The van der Waals surface area contributed by atoms with Gasteiger partial charge < -0.3 is 5.32 Å². The number of halogens is 1. The molecule has 2 aromatic rings. The van der Waals surface area contributed by atoms with E-state index in [0.717, 1.165) is 62.4 Å². The van der Waals surface area contributed by atoms with Crippen LogP contribution in [0.3, 0.4) is 0 Å². The number of hydrogen-bond acceptors (Lipinski definition) is 3. The van der Waals surface area contributed by atoms with Gasteiger partial charge in [0.05, 0.1) is 5.41 Å². The Hall–Kier alpha value is -1.36. The number of nitrogens with one attached hydrogen (secondary N) is 1. The average Bonchev–Trinajstić information content (AvgIpc) is 3.40. The largest absolute Gasteiger partial charge is 0.355 e. The first-order valence-electron chi connectivity index (χ1n) is 10.4. The maximum absolute atomic E-state index is 13.2. The number of amides is 1. The third-order valence-corrected chi connectivity index (χ3v) is 7.62. The van der Waals surface area contributed by atoms with Crippen LogP contribution in [0.5, 0.6) is 0 Å². The first-order valence-corrected chi connectivity index (χ1v) is 11.7. The summed E-state index contributed by atoms with van der Waals surface area (Å²) in [5, 5.41) is 6.20. The summed E-state index contributed by atoms with van der Waals surface area (Å²) in [4.78, 5) is 17.2. The van der Waals surface area contributed by atoms with Gasteiger partial charge in [-0.1, -0.05) is 42.6 Å². The third kappa shape index (κ3) is 4.45. The molecule has 2 heterocycles. The number of nitrogens with zero attached hydrogens (tertiary/aromatic N) is 1. The minimum absolute atomic E-state index is 0.216. The molecule has 0 bridgehead atoms. The average molecular weight is 417 g/mol. The van der Waals surface area contributed by atoms with Crippen LogP contribution in [-0.2, 0) is 16.8 Å². The lowest BCUT2D eigenvalue weighted by Gasteiger charge is -2.33. The van der Waals surface area contributed by atoms with Crippen LogP contribution in [0.1, 0.15) is 49.0 Å². The van der Waals surface area contributed by atoms with Gasteiger partial charge in [0.1, 0.15) is 0 Å². The smallest absolute Gasteiger partial charge is 0.230 e. The molecule has 150 valence electrons. The molecule has 0 spiro atoms. The zero-order chi connectivity index (χ0) is 19.4. The standard InChI is InChI=1S/C23H29ClN2OS/c24-20-7-5-19(6-8-20)23(11-1-2-12-23)22(27)25-16-18-9-13-26(14-10-18)17-21-4-3-15-28-21/h3-8,15,18H,1-2,9-14,16-17H2,(H,25,27). The van der Waals surface area contributed by atoms with Crippen molar-refractivity contribution in [3.05, 3.63) is 57.2 Å². The van der Waals surface area contributed by atoms with Crippen LogP contribution < -0.4 is 5.32 Å². The summed E-state index contributed by atoms with van der Waals surface area (Å²) in [6.45, 7) is 4.12. The molecule has 1 aliphatic heterocycles. The lowest BCUT2D eigenvalue weighted by Crippen LogP contribution is -2.45. The lowest BCUT2D eigenvalue weighted by atomic mass is 9.78. The summed E-state index contributed by atoms with van der Waals surface area (Å²) in [6, 6.07) is 12.2. The predicted octanol–water partition coefficient (Wildman–Crippen LogP) is 5.24. The van der Waals surface area contributed by atoms with Crippen LogP contribution in [0.2, 0.25) is 5.02 Å². The van der Waals surface area contributed by atoms with E-state index < -0.39 is 0 Å². The van der Waals surface area contributed by atoms with E-state index in [0.29, 0.717) is 5.92 Å². The van der Waals surface area contributed by atoms with Crippen molar-refractivity contribution in [1.82, 2.24) is 10.2 Å². The van der Waals surface area contributed by atoms with Crippen molar-refractivity contribution in [2.75, 3.05) is 19.6 Å². The zero-order valence-electron chi connectivity index (χ0n) is 16.3. The predicted molar refractivity (Wildman–Crippen MR) is 117 cm³/mol. The quantitative estimate of drug-likeness (QED) is 0.698. The van der Waals surface area contributed by atoms with Crippen LogP contribution in [0.4, 0.5) is 0 Å². The Kier molecular flexibility index (Phi) is 6.39. The van der Waals surface area contributed by atoms with Crippen molar-refractivity contribution >= 4 is 28.8 Å². The highest BCUT2D eigenvalue weighted by Crippen LogP contribution is 2.41. The summed E-state index contributed by atoms with van der Waals surface area (Å²) in [5.74, 6) is 0.806. The SMILES string of the molecule is O=C(NCC1CCN(Cc2cccs2)CC1)C1(c2ccc(Cl)cc2)CCCC1. The molecule has 0 unspecified atom stereocenters. The number of carbonyl (C=O) groups excluding carboxylic acids is 1. The van der Waals surface area contributed by atoms with Crippen molar-refractivity contribution in [1.29, 1.82) is 0 Å². The Morgan fingerprint density at radius 1 is 1.14 bits per heavy atom. The topological polar surface area (TPSA) is 32.3 Å². The number of benzene rings is 1. The molecular weight excluding hydrogens is 388 g/mol. The van der Waals surface area contributed by atoms with E-state index in [1.165, 1.54) is 17.7 Å². The molecule has 1 aromatic heterocycles. The molecule has 5 heteroatoms. The van der Waals surface area contributed by atoms with Crippen molar-refractivity contribution in [2.24, 2.45) is 5.92 Å². The van der Waals surface area contributed by atoms with Gasteiger partial charge in [-0.15, -0.1) is 11.3 Å². The van der Waals surface area contributed by atoms with Crippen molar-refractivity contribution < 1.29 is 4.79 Å². The molecule has 1 saturated heterocycles. The minimum atomic E-state index is -0.357. The minimum Gasteiger partial charge on any atom is -0.355 e. The fraction of sp³-hybridized carbons (Fsp3) is 0.522. The van der Waals surface area contributed by atoms with Gasteiger partial charge in [0.15, 0.2) is 0 Å². The van der Waals surface area contributed by atoms with Crippen LogP contribution in [0.25, 0.3) is 0 Å². The van der Waals surface area contributed by atoms with Gasteiger partial charge in [-0.2, -0.15) is 0 Å². The first kappa shape index (κ1) is 19.9. The Labute approximate surface area is 177 Å². The fourth-order valence-electron chi connectivity index (χ4n) is 4.77. The summed E-state index contributed by atoms with van der Waals surface area (Å²) in [6.07, 6.45) is 6.47. The summed E-state index contributed by atoms with van der Waals surface area (Å²) in [5.41, 5.74) is 0.766. The molecule has 1 aliphatic carbocycles. The highest BCUT2D eigenvalue weighted by Gasteiger charge is 2.42. The van der Waals surface area contributed by atoms with Gasteiger partial charge in [0.2, 0.25) is 5.91 Å². The van der Waals surface area contributed by atoms with E-state index in [1.54, 1.807) is 0 Å². The van der Waals surface area contributed by atoms with E-state index in [4.69, 9.17) is 11.6 Å². The maximum Gasteiger partial charge on any atom is 0.230 e. The van der Waals surface area contributed by atoms with E-state index in [1.807, 2.05) is 35.6 Å². The Morgan fingerprint density at radius 3 is 2.50 bits per heavy atom. The third-order valence-electron chi connectivity index (χ3n) is 6.51. The molecule has 0 atom stereocenters. The number of piperidine rings is 1. The molecule has 1 N–H and O–H groups in total. The van der Waals surface area contributed by atoms with Crippen LogP contribution >= 0.6 is 22.9 Å². The van der Waals surface area contributed by atoms with Gasteiger partial charge in [0.25, 0.3) is 0 Å². The van der Waals surface area contributed by atoms with Crippen molar-refractivity contribution in [3.63, 3.8) is 0 Å². The first-order chi connectivity index (χ1) is 13.7. The number of carbonyl (C=O) groups is 1. The maximum atomic E-state index is 13.2. The van der Waals surface area contributed by atoms with Gasteiger partial charge in [0, 0.05) is 23.0 Å². The molecular formula is C23H29ClN2OS. The normalized spacial score (nSPS) is 20.3. The Morgan fingerprint density at radius 2 is 1.86 bits per heavy atom. The van der Waals surface area contributed by atoms with Crippen LogP contribution in [0, 0.1) is 5.92 Å². The van der Waals surface area contributed by atoms with Crippen LogP contribution in [0.15, 0.2) is 41.8 Å². The number of hydrogen-bond donors (Lipinski definition) is 1. The monoisotopic (exact) mass is 416 g/mol. The van der Waals surface area contributed by atoms with E-state index in [-0.39, 0.29) is 11.3 Å².